The van der Waals surface area contributed by atoms with Gasteiger partial charge >= 0.3 is 0 Å². The Morgan fingerprint density at radius 1 is 1.78 bits per heavy atom. The highest BCUT2D eigenvalue weighted by Crippen LogP contribution is 2.10. The lowest BCUT2D eigenvalue weighted by Crippen LogP contribution is -2.09. The fourth-order valence-electron chi connectivity index (χ4n) is 0.675. The van der Waals surface area contributed by atoms with Crippen LogP contribution in [0, 0.1) is 23.2 Å². The molecule has 9 heavy (non-hydrogen) atoms. The fraction of sp³-hybridized carbons (Fsp3) is 0.714. The normalized spacial score (nSPS) is 15.7. The monoisotopic (exact) mass is 125 g/mol. The van der Waals surface area contributed by atoms with Crippen LogP contribution in [0.5, 0.6) is 0 Å². The molecule has 0 aromatic heterocycles. The maximum Gasteiger partial charge on any atom is 0.124 e. The molecule has 0 fully saturated rings. The van der Waals surface area contributed by atoms with Crippen molar-refractivity contribution in [2.24, 2.45) is 11.8 Å². The maximum atomic E-state index is 10.1. The molecular weight excluding hydrogens is 114 g/mol. The van der Waals surface area contributed by atoms with Gasteiger partial charge in [-0.05, 0) is 6.42 Å². The van der Waals surface area contributed by atoms with Crippen molar-refractivity contribution in [2.45, 2.75) is 20.3 Å². The van der Waals surface area contributed by atoms with E-state index in [1.165, 1.54) is 0 Å². The molecule has 0 saturated carbocycles. The highest BCUT2D eigenvalue weighted by atomic mass is 16.1. The Morgan fingerprint density at radius 2 is 2.33 bits per heavy atom. The van der Waals surface area contributed by atoms with Crippen LogP contribution in [0.25, 0.3) is 0 Å². The predicted molar refractivity (Wildman–Crippen MR) is 34.6 cm³/mol. The highest BCUT2D eigenvalue weighted by molar-refractivity contribution is 5.54. The lowest BCUT2D eigenvalue weighted by molar-refractivity contribution is -0.111. The SMILES string of the molecule is CCC(C#N)C(C)C=O. The summed E-state index contributed by atoms with van der Waals surface area (Å²) in [5.74, 6) is -0.206. The molecule has 2 unspecified atom stereocenters. The van der Waals surface area contributed by atoms with Crippen LogP contribution in [0.4, 0.5) is 0 Å². The van der Waals surface area contributed by atoms with Crippen LogP contribution in [0.2, 0.25) is 0 Å². The molecule has 0 aliphatic rings. The summed E-state index contributed by atoms with van der Waals surface area (Å²) in [5, 5.41) is 8.42. The Balaban J connectivity index is 3.82. The van der Waals surface area contributed by atoms with Gasteiger partial charge in [-0.15, -0.1) is 0 Å². The van der Waals surface area contributed by atoms with Crippen molar-refractivity contribution in [1.82, 2.24) is 0 Å². The van der Waals surface area contributed by atoms with Crippen LogP contribution in [-0.2, 0) is 4.79 Å². The van der Waals surface area contributed by atoms with E-state index in [9.17, 15) is 4.79 Å². The van der Waals surface area contributed by atoms with Crippen LogP contribution in [0.15, 0.2) is 0 Å². The molecule has 0 aliphatic carbocycles. The van der Waals surface area contributed by atoms with Crippen LogP contribution >= 0.6 is 0 Å². The zero-order chi connectivity index (χ0) is 7.28. The van der Waals surface area contributed by atoms with E-state index in [0.717, 1.165) is 12.7 Å². The second-order valence-corrected chi connectivity index (χ2v) is 2.14. The van der Waals surface area contributed by atoms with Gasteiger partial charge in [0.2, 0.25) is 0 Å². The molecule has 0 rings (SSSR count). The van der Waals surface area contributed by atoms with Crippen molar-refractivity contribution < 1.29 is 4.79 Å². The quantitative estimate of drug-likeness (QED) is 0.534. The van der Waals surface area contributed by atoms with Crippen LogP contribution in [0.3, 0.4) is 0 Å². The van der Waals surface area contributed by atoms with Crippen molar-refractivity contribution in [2.75, 3.05) is 0 Å². The number of carbonyl (C=O) groups excluding carboxylic acids is 1. The van der Waals surface area contributed by atoms with Crippen LogP contribution < -0.4 is 0 Å². The van der Waals surface area contributed by atoms with E-state index < -0.39 is 0 Å². The molecular formula is C7H11NO. The van der Waals surface area contributed by atoms with E-state index in [1.807, 2.05) is 6.92 Å². The zero-order valence-corrected chi connectivity index (χ0v) is 5.79. The van der Waals surface area contributed by atoms with Crippen molar-refractivity contribution in [1.29, 1.82) is 5.26 Å². The first-order valence-electron chi connectivity index (χ1n) is 3.11. The maximum absolute atomic E-state index is 10.1. The number of nitrogens with zero attached hydrogens (tertiary/aromatic N) is 1. The minimum Gasteiger partial charge on any atom is -0.303 e. The third-order valence-electron chi connectivity index (χ3n) is 1.45. The highest BCUT2D eigenvalue weighted by Gasteiger charge is 2.12. The number of rotatable bonds is 3. The summed E-state index contributed by atoms with van der Waals surface area (Å²) in [4.78, 5) is 10.1. The third kappa shape index (κ3) is 2.27. The van der Waals surface area contributed by atoms with Gasteiger partial charge in [0.1, 0.15) is 6.29 Å². The Hall–Kier alpha value is -0.840. The molecule has 0 heterocycles. The molecule has 2 atom stereocenters. The Morgan fingerprint density at radius 3 is 2.44 bits per heavy atom. The number of nitriles is 1. The van der Waals surface area contributed by atoms with Gasteiger partial charge < -0.3 is 4.79 Å². The molecule has 0 radical (unpaired) electrons. The average Bonchev–Trinajstić information content (AvgIpc) is 1.90. The van der Waals surface area contributed by atoms with Crippen LogP contribution in [0.1, 0.15) is 20.3 Å². The second-order valence-electron chi connectivity index (χ2n) is 2.14. The van der Waals surface area contributed by atoms with E-state index in [1.54, 1.807) is 6.92 Å². The fourth-order valence-corrected chi connectivity index (χ4v) is 0.675. The molecule has 0 saturated heterocycles. The zero-order valence-electron chi connectivity index (χ0n) is 5.79. The Kier molecular flexibility index (Phi) is 3.70. The van der Waals surface area contributed by atoms with E-state index in [-0.39, 0.29) is 11.8 Å². The molecule has 0 aliphatic heterocycles. The summed E-state index contributed by atoms with van der Waals surface area (Å²) < 4.78 is 0. The first-order chi connectivity index (χ1) is 4.26. The summed E-state index contributed by atoms with van der Waals surface area (Å²) in [6, 6.07) is 2.07. The molecule has 2 heteroatoms. The van der Waals surface area contributed by atoms with Crippen LogP contribution in [-0.4, -0.2) is 6.29 Å². The number of hydrogen-bond donors (Lipinski definition) is 0. The summed E-state index contributed by atoms with van der Waals surface area (Å²) in [6.45, 7) is 3.68. The molecule has 2 nitrogen and oxygen atoms in total. The molecule has 0 spiro atoms. The Labute approximate surface area is 55.5 Å². The standard InChI is InChI=1S/C7H11NO/c1-3-7(4-8)6(2)5-9/h5-7H,3H2,1-2H3. The summed E-state index contributed by atoms with van der Waals surface area (Å²) in [5.41, 5.74) is 0. The van der Waals surface area contributed by atoms with Gasteiger partial charge in [0.15, 0.2) is 0 Å². The lowest BCUT2D eigenvalue weighted by atomic mass is 9.95. The number of hydrogen-bond acceptors (Lipinski definition) is 2. The summed E-state index contributed by atoms with van der Waals surface area (Å²) in [7, 11) is 0. The molecule has 0 aromatic rings. The van der Waals surface area contributed by atoms with Gasteiger partial charge in [-0.3, -0.25) is 0 Å². The van der Waals surface area contributed by atoms with E-state index >= 15 is 0 Å². The smallest absolute Gasteiger partial charge is 0.124 e. The van der Waals surface area contributed by atoms with Crippen molar-refractivity contribution in [3.8, 4) is 6.07 Å². The van der Waals surface area contributed by atoms with E-state index in [0.29, 0.717) is 0 Å². The first kappa shape index (κ1) is 8.16. The summed E-state index contributed by atoms with van der Waals surface area (Å²) in [6.07, 6.45) is 1.59. The van der Waals surface area contributed by atoms with E-state index in [2.05, 4.69) is 6.07 Å². The number of carbonyl (C=O) groups is 1. The van der Waals surface area contributed by atoms with Gasteiger partial charge in [0, 0.05) is 5.92 Å². The Bertz CT molecular complexity index is 125. The predicted octanol–water partition coefficient (Wildman–Crippen LogP) is 1.37. The molecule has 0 N–H and O–H groups in total. The van der Waals surface area contributed by atoms with Gasteiger partial charge in [-0.1, -0.05) is 13.8 Å². The largest absolute Gasteiger partial charge is 0.303 e. The minimum atomic E-state index is -0.111. The van der Waals surface area contributed by atoms with Crippen molar-refractivity contribution in [3.05, 3.63) is 0 Å². The van der Waals surface area contributed by atoms with Gasteiger partial charge in [-0.2, -0.15) is 5.26 Å². The average molecular weight is 125 g/mol. The van der Waals surface area contributed by atoms with Gasteiger partial charge in [0.25, 0.3) is 0 Å². The molecule has 0 aromatic carbocycles. The van der Waals surface area contributed by atoms with Crippen molar-refractivity contribution >= 4 is 6.29 Å². The lowest BCUT2D eigenvalue weighted by Gasteiger charge is -2.06. The third-order valence-corrected chi connectivity index (χ3v) is 1.45. The minimum absolute atomic E-state index is 0.0949. The molecule has 0 bridgehead atoms. The van der Waals surface area contributed by atoms with Gasteiger partial charge in [-0.25, -0.2) is 0 Å². The van der Waals surface area contributed by atoms with E-state index in [4.69, 9.17) is 5.26 Å². The molecule has 50 valence electrons. The summed E-state index contributed by atoms with van der Waals surface area (Å²) >= 11 is 0. The number of aldehydes is 1. The van der Waals surface area contributed by atoms with Crippen molar-refractivity contribution in [3.63, 3.8) is 0 Å². The second kappa shape index (κ2) is 4.08. The van der Waals surface area contributed by atoms with Gasteiger partial charge in [0.05, 0.1) is 12.0 Å². The first-order valence-corrected chi connectivity index (χ1v) is 3.11. The molecule has 0 amide bonds. The topological polar surface area (TPSA) is 40.9 Å².